The van der Waals surface area contributed by atoms with Crippen molar-refractivity contribution in [3.05, 3.63) is 35.4 Å². The van der Waals surface area contributed by atoms with Crippen LogP contribution in [0.2, 0.25) is 0 Å². The summed E-state index contributed by atoms with van der Waals surface area (Å²) in [7, 11) is 0. The second-order valence-corrected chi connectivity index (χ2v) is 5.20. The number of hydrogen-bond donors (Lipinski definition) is 1. The number of carbonyl (C=O) groups excluding carboxylic acids is 1. The largest absolute Gasteiger partial charge is 0.458 e. The van der Waals surface area contributed by atoms with Crippen LogP contribution < -0.4 is 0 Å². The monoisotopic (exact) mass is 278 g/mol. The summed E-state index contributed by atoms with van der Waals surface area (Å²) in [5.41, 5.74) is 1.83. The molecule has 0 aliphatic rings. The molecule has 1 unspecified atom stereocenters. The third-order valence-electron chi connectivity index (χ3n) is 3.38. The van der Waals surface area contributed by atoms with Crippen LogP contribution in [0.3, 0.4) is 0 Å². The first-order chi connectivity index (χ1) is 9.67. The quantitative estimate of drug-likeness (QED) is 0.545. The number of carbonyl (C=O) groups is 1. The van der Waals surface area contributed by atoms with Crippen molar-refractivity contribution < 1.29 is 14.6 Å². The topological polar surface area (TPSA) is 46.5 Å². The number of unbranched alkanes of at least 4 members (excludes halogenated alkanes) is 4. The Bertz CT molecular complexity index is 401. The minimum Gasteiger partial charge on any atom is -0.458 e. The predicted octanol–water partition coefficient (Wildman–Crippen LogP) is 4.14. The van der Waals surface area contributed by atoms with Crippen LogP contribution in [0.25, 0.3) is 0 Å². The molecule has 0 aliphatic heterocycles. The van der Waals surface area contributed by atoms with Gasteiger partial charge in [0, 0.05) is 6.92 Å². The molecular weight excluding hydrogens is 252 g/mol. The number of rotatable bonds is 9. The van der Waals surface area contributed by atoms with E-state index in [-0.39, 0.29) is 18.7 Å². The van der Waals surface area contributed by atoms with E-state index in [0.717, 1.165) is 24.0 Å². The predicted molar refractivity (Wildman–Crippen MR) is 80.2 cm³/mol. The molecule has 0 amide bonds. The molecule has 1 aromatic carbocycles. The summed E-state index contributed by atoms with van der Waals surface area (Å²) in [6.45, 7) is 3.65. The summed E-state index contributed by atoms with van der Waals surface area (Å²) in [6, 6.07) is 7.64. The molecule has 0 fully saturated rings. The third-order valence-corrected chi connectivity index (χ3v) is 3.38. The van der Waals surface area contributed by atoms with Crippen LogP contribution in [-0.4, -0.2) is 11.1 Å². The minimum atomic E-state index is -0.252. The number of hydrogen-bond acceptors (Lipinski definition) is 3. The first kappa shape index (κ1) is 16.7. The molecule has 20 heavy (non-hydrogen) atoms. The van der Waals surface area contributed by atoms with E-state index in [1.807, 2.05) is 24.3 Å². The van der Waals surface area contributed by atoms with E-state index in [0.29, 0.717) is 0 Å². The Morgan fingerprint density at radius 2 is 2.00 bits per heavy atom. The van der Waals surface area contributed by atoms with Gasteiger partial charge in [0.05, 0.1) is 6.61 Å². The summed E-state index contributed by atoms with van der Waals surface area (Å²) in [5.74, 6) is -0.252. The van der Waals surface area contributed by atoms with Gasteiger partial charge in [-0.25, -0.2) is 0 Å². The maximum absolute atomic E-state index is 11.2. The zero-order valence-corrected chi connectivity index (χ0v) is 12.6. The molecule has 0 saturated carbocycles. The fourth-order valence-corrected chi connectivity index (χ4v) is 2.32. The number of aliphatic hydroxyl groups is 1. The van der Waals surface area contributed by atoms with Gasteiger partial charge < -0.3 is 9.84 Å². The third kappa shape index (κ3) is 6.20. The Hall–Kier alpha value is -1.35. The first-order valence-electron chi connectivity index (χ1n) is 7.54. The Morgan fingerprint density at radius 1 is 1.25 bits per heavy atom. The SMILES string of the molecule is CCCCCCCC(OC(C)=O)c1cccc(CO)c1. The second kappa shape index (κ2) is 9.54. The van der Waals surface area contributed by atoms with Crippen molar-refractivity contribution in [2.24, 2.45) is 0 Å². The Morgan fingerprint density at radius 3 is 2.65 bits per heavy atom. The number of benzene rings is 1. The molecule has 0 aliphatic carbocycles. The van der Waals surface area contributed by atoms with Gasteiger partial charge in [-0.1, -0.05) is 50.8 Å². The van der Waals surface area contributed by atoms with Crippen LogP contribution in [0.15, 0.2) is 24.3 Å². The zero-order chi connectivity index (χ0) is 14.8. The highest BCUT2D eigenvalue weighted by Crippen LogP contribution is 2.25. The molecule has 3 heteroatoms. The van der Waals surface area contributed by atoms with Crippen LogP contribution in [0.5, 0.6) is 0 Å². The average molecular weight is 278 g/mol. The van der Waals surface area contributed by atoms with Crippen LogP contribution in [0, 0.1) is 0 Å². The number of ether oxygens (including phenoxy) is 1. The van der Waals surface area contributed by atoms with Crippen LogP contribution in [-0.2, 0) is 16.1 Å². The molecule has 0 saturated heterocycles. The molecular formula is C17H26O3. The highest BCUT2D eigenvalue weighted by atomic mass is 16.5. The van der Waals surface area contributed by atoms with Crippen molar-refractivity contribution in [2.45, 2.75) is 65.1 Å². The summed E-state index contributed by atoms with van der Waals surface area (Å²) >= 11 is 0. The maximum atomic E-state index is 11.2. The molecule has 3 nitrogen and oxygen atoms in total. The Kier molecular flexibility index (Phi) is 7.97. The fraction of sp³-hybridized carbons (Fsp3) is 0.588. The van der Waals surface area contributed by atoms with Crippen molar-refractivity contribution in [3.63, 3.8) is 0 Å². The second-order valence-electron chi connectivity index (χ2n) is 5.20. The molecule has 1 rings (SSSR count). The molecule has 1 N–H and O–H groups in total. The summed E-state index contributed by atoms with van der Waals surface area (Å²) in [6.07, 6.45) is 6.61. The van der Waals surface area contributed by atoms with Crippen LogP contribution >= 0.6 is 0 Å². The summed E-state index contributed by atoms with van der Waals surface area (Å²) < 4.78 is 5.42. The van der Waals surface area contributed by atoms with Crippen molar-refractivity contribution in [1.29, 1.82) is 0 Å². The summed E-state index contributed by atoms with van der Waals surface area (Å²) in [4.78, 5) is 11.2. The molecule has 0 aromatic heterocycles. The van der Waals surface area contributed by atoms with E-state index < -0.39 is 0 Å². The van der Waals surface area contributed by atoms with Crippen LogP contribution in [0.4, 0.5) is 0 Å². The minimum absolute atomic E-state index is 0.0110. The van der Waals surface area contributed by atoms with Crippen molar-refractivity contribution in [3.8, 4) is 0 Å². The first-order valence-corrected chi connectivity index (χ1v) is 7.54. The smallest absolute Gasteiger partial charge is 0.303 e. The van der Waals surface area contributed by atoms with Gasteiger partial charge in [0.25, 0.3) is 0 Å². The average Bonchev–Trinajstić information content (AvgIpc) is 2.45. The van der Waals surface area contributed by atoms with Gasteiger partial charge in [-0.3, -0.25) is 4.79 Å². The number of aliphatic hydroxyl groups excluding tert-OH is 1. The van der Waals surface area contributed by atoms with Gasteiger partial charge in [0.2, 0.25) is 0 Å². The highest BCUT2D eigenvalue weighted by Gasteiger charge is 2.14. The molecule has 0 radical (unpaired) electrons. The van der Waals surface area contributed by atoms with E-state index in [1.54, 1.807) is 0 Å². The lowest BCUT2D eigenvalue weighted by Gasteiger charge is -2.18. The molecule has 112 valence electrons. The normalized spacial score (nSPS) is 12.2. The van der Waals surface area contributed by atoms with Gasteiger partial charge in [-0.05, 0) is 30.0 Å². The van der Waals surface area contributed by atoms with E-state index in [2.05, 4.69) is 6.92 Å². The fourth-order valence-electron chi connectivity index (χ4n) is 2.32. The number of esters is 1. The lowest BCUT2D eigenvalue weighted by atomic mass is 10.0. The van der Waals surface area contributed by atoms with E-state index in [4.69, 9.17) is 4.74 Å². The van der Waals surface area contributed by atoms with Crippen LogP contribution in [0.1, 0.15) is 69.6 Å². The Balaban J connectivity index is 2.60. The standard InChI is InChI=1S/C17H26O3/c1-3-4-5-6-7-11-17(20-14(2)19)16-10-8-9-15(12-16)13-18/h8-10,12,17-18H,3-7,11,13H2,1-2H3. The van der Waals surface area contributed by atoms with Crippen molar-refractivity contribution in [2.75, 3.05) is 0 Å². The molecule has 0 spiro atoms. The van der Waals surface area contributed by atoms with Crippen molar-refractivity contribution >= 4 is 5.97 Å². The van der Waals surface area contributed by atoms with E-state index in [9.17, 15) is 9.90 Å². The van der Waals surface area contributed by atoms with Gasteiger partial charge in [-0.2, -0.15) is 0 Å². The molecule has 1 aromatic rings. The molecule has 1 atom stereocenters. The Labute approximate surface area is 122 Å². The highest BCUT2D eigenvalue weighted by molar-refractivity contribution is 5.66. The lowest BCUT2D eigenvalue weighted by Crippen LogP contribution is -2.09. The maximum Gasteiger partial charge on any atom is 0.303 e. The van der Waals surface area contributed by atoms with Gasteiger partial charge >= 0.3 is 5.97 Å². The van der Waals surface area contributed by atoms with E-state index >= 15 is 0 Å². The van der Waals surface area contributed by atoms with Gasteiger partial charge in [-0.15, -0.1) is 0 Å². The van der Waals surface area contributed by atoms with Gasteiger partial charge in [0.1, 0.15) is 6.10 Å². The van der Waals surface area contributed by atoms with E-state index in [1.165, 1.54) is 32.6 Å². The van der Waals surface area contributed by atoms with Crippen molar-refractivity contribution in [1.82, 2.24) is 0 Å². The lowest BCUT2D eigenvalue weighted by molar-refractivity contribution is -0.147. The zero-order valence-electron chi connectivity index (χ0n) is 12.6. The van der Waals surface area contributed by atoms with Gasteiger partial charge in [0.15, 0.2) is 0 Å². The molecule has 0 heterocycles. The summed E-state index contributed by atoms with van der Waals surface area (Å²) in [5, 5.41) is 9.19. The molecule has 0 bridgehead atoms.